The van der Waals surface area contributed by atoms with Crippen LogP contribution < -0.4 is 0 Å². The number of carbonyl (C=O) groups excluding carboxylic acids is 1. The molecule has 0 unspecified atom stereocenters. The molecule has 0 saturated heterocycles. The quantitative estimate of drug-likeness (QED) is 0.528. The number of carbonyl (C=O) groups is 1. The summed E-state index contributed by atoms with van der Waals surface area (Å²) in [5, 5.41) is 0. The van der Waals surface area contributed by atoms with Crippen molar-refractivity contribution in [2.24, 2.45) is 0 Å². The maximum Gasteiger partial charge on any atom is 2.00 e. The summed E-state index contributed by atoms with van der Waals surface area (Å²) < 4.78 is 0. The second-order valence-electron chi connectivity index (χ2n) is 1.82. The van der Waals surface area contributed by atoms with E-state index in [1.165, 1.54) is 0 Å². The van der Waals surface area contributed by atoms with E-state index in [0.717, 1.165) is 13.1 Å². The van der Waals surface area contributed by atoms with Crippen LogP contribution in [0.25, 0.3) is 0 Å². The molecule has 0 aromatic carbocycles. The van der Waals surface area contributed by atoms with Crippen molar-refractivity contribution in [1.82, 2.24) is 4.90 Å². The van der Waals surface area contributed by atoms with Crippen LogP contribution in [0.3, 0.4) is 0 Å². The molecule has 0 heterocycles. The van der Waals surface area contributed by atoms with Crippen LogP contribution in [0.2, 0.25) is 0 Å². The largest absolute Gasteiger partial charge is 2.00 e. The standard InChI is InChI=1S/C7H14NO.C2H5.Zn/c1-4-7(9)8(5-2)6-3;1-2;/h1,4-6H2,2-3H3;1H2,2H3;/q2*-1;+2. The van der Waals surface area contributed by atoms with Crippen LogP contribution >= 0.6 is 0 Å². The molecule has 1 amide bonds. The van der Waals surface area contributed by atoms with Gasteiger partial charge in [0.25, 0.3) is 0 Å². The average molecular weight is 223 g/mol. The fourth-order valence-corrected chi connectivity index (χ4v) is 0.734. The van der Waals surface area contributed by atoms with Gasteiger partial charge in [0.05, 0.1) is 0 Å². The number of hydrogen-bond donors (Lipinski definition) is 0. The van der Waals surface area contributed by atoms with E-state index in [-0.39, 0.29) is 25.4 Å². The van der Waals surface area contributed by atoms with Gasteiger partial charge in [-0.2, -0.15) is 6.92 Å². The Morgan fingerprint density at radius 1 is 1.25 bits per heavy atom. The van der Waals surface area contributed by atoms with Crippen molar-refractivity contribution in [3.8, 4) is 0 Å². The zero-order valence-electron chi connectivity index (χ0n) is 8.60. The third-order valence-corrected chi connectivity index (χ3v) is 1.33. The van der Waals surface area contributed by atoms with Crippen LogP contribution in [0.1, 0.15) is 27.2 Å². The second kappa shape index (κ2) is 13.7. The summed E-state index contributed by atoms with van der Waals surface area (Å²) >= 11 is 0. The van der Waals surface area contributed by atoms with Gasteiger partial charge in [0, 0.05) is 13.1 Å². The smallest absolute Gasteiger partial charge is 0.346 e. The van der Waals surface area contributed by atoms with Gasteiger partial charge < -0.3 is 18.7 Å². The van der Waals surface area contributed by atoms with Gasteiger partial charge in [-0.05, 0) is 13.8 Å². The molecular weight excluding hydrogens is 203 g/mol. The topological polar surface area (TPSA) is 20.3 Å². The van der Waals surface area contributed by atoms with Crippen molar-refractivity contribution >= 4 is 5.91 Å². The monoisotopic (exact) mass is 221 g/mol. The van der Waals surface area contributed by atoms with E-state index in [2.05, 4.69) is 13.8 Å². The second-order valence-corrected chi connectivity index (χ2v) is 1.82. The van der Waals surface area contributed by atoms with Crippen molar-refractivity contribution in [3.05, 3.63) is 13.8 Å². The van der Waals surface area contributed by atoms with E-state index in [4.69, 9.17) is 0 Å². The summed E-state index contributed by atoms with van der Waals surface area (Å²) in [7, 11) is 0. The fraction of sp³-hybridized carbons (Fsp3) is 0.667. The third kappa shape index (κ3) is 8.19. The summed E-state index contributed by atoms with van der Waals surface area (Å²) in [4.78, 5) is 12.6. The summed E-state index contributed by atoms with van der Waals surface area (Å²) in [5.74, 6) is 0.139. The molecule has 0 spiro atoms. The maximum absolute atomic E-state index is 10.8. The molecule has 12 heavy (non-hydrogen) atoms. The Morgan fingerprint density at radius 2 is 1.58 bits per heavy atom. The summed E-state index contributed by atoms with van der Waals surface area (Å²) in [5.41, 5.74) is 0. The summed E-state index contributed by atoms with van der Waals surface area (Å²) in [6, 6.07) is 0. The molecule has 0 aliphatic heterocycles. The zero-order valence-corrected chi connectivity index (χ0v) is 11.6. The SMILES string of the molecule is [CH2-]C.[CH2-]CC(=O)N(CC)CC.[Zn+2]. The number of hydrogen-bond acceptors (Lipinski definition) is 1. The first-order valence-corrected chi connectivity index (χ1v) is 4.04. The van der Waals surface area contributed by atoms with Gasteiger partial charge in [-0.3, -0.25) is 4.79 Å². The van der Waals surface area contributed by atoms with Crippen molar-refractivity contribution < 1.29 is 24.3 Å². The fourth-order valence-electron chi connectivity index (χ4n) is 0.734. The van der Waals surface area contributed by atoms with Gasteiger partial charge in [0.2, 0.25) is 0 Å². The van der Waals surface area contributed by atoms with E-state index in [9.17, 15) is 4.79 Å². The zero-order chi connectivity index (χ0) is 9.28. The van der Waals surface area contributed by atoms with Crippen LogP contribution in [0.15, 0.2) is 0 Å². The maximum atomic E-state index is 10.8. The van der Waals surface area contributed by atoms with Gasteiger partial charge in [-0.1, -0.05) is 0 Å². The Kier molecular flexibility index (Phi) is 20.5. The molecule has 0 fully saturated rings. The number of amides is 1. The molecule has 3 heteroatoms. The molecule has 0 aromatic heterocycles. The van der Waals surface area contributed by atoms with E-state index < -0.39 is 0 Å². The minimum Gasteiger partial charge on any atom is -0.346 e. The minimum absolute atomic E-state index is 0. The van der Waals surface area contributed by atoms with Gasteiger partial charge in [0.1, 0.15) is 0 Å². The molecule has 0 aromatic rings. The van der Waals surface area contributed by atoms with Crippen molar-refractivity contribution in [1.29, 1.82) is 0 Å². The molecule has 0 bridgehead atoms. The Hall–Kier alpha value is 0.0934. The van der Waals surface area contributed by atoms with Gasteiger partial charge in [-0.25, -0.2) is 0 Å². The molecule has 2 nitrogen and oxygen atoms in total. The minimum atomic E-state index is 0. The van der Waals surface area contributed by atoms with Crippen LogP contribution in [0.5, 0.6) is 0 Å². The van der Waals surface area contributed by atoms with Crippen molar-refractivity contribution in [3.63, 3.8) is 0 Å². The van der Waals surface area contributed by atoms with Crippen LogP contribution in [0, 0.1) is 13.8 Å². The van der Waals surface area contributed by atoms with Crippen LogP contribution in [0.4, 0.5) is 0 Å². The molecule has 0 N–H and O–H groups in total. The third-order valence-electron chi connectivity index (χ3n) is 1.33. The molecule has 0 aliphatic rings. The molecule has 0 saturated carbocycles. The first-order chi connectivity index (χ1) is 5.26. The average Bonchev–Trinajstić information content (AvgIpc) is 2.10. The first-order valence-electron chi connectivity index (χ1n) is 4.04. The van der Waals surface area contributed by atoms with E-state index in [1.807, 2.05) is 13.8 Å². The predicted octanol–water partition coefficient (Wildman–Crippen LogP) is 1.92. The van der Waals surface area contributed by atoms with Crippen LogP contribution in [-0.2, 0) is 24.3 Å². The van der Waals surface area contributed by atoms with Gasteiger partial charge in [0.15, 0.2) is 5.91 Å². The molecule has 0 rings (SSSR count). The molecule has 0 radical (unpaired) electrons. The first kappa shape index (κ1) is 18.0. The number of rotatable bonds is 3. The van der Waals surface area contributed by atoms with Crippen molar-refractivity contribution in [2.45, 2.75) is 27.2 Å². The van der Waals surface area contributed by atoms with E-state index in [0.29, 0.717) is 6.42 Å². The van der Waals surface area contributed by atoms with Gasteiger partial charge >= 0.3 is 19.5 Å². The molecule has 68 valence electrons. The van der Waals surface area contributed by atoms with E-state index in [1.54, 1.807) is 11.8 Å². The Morgan fingerprint density at radius 3 is 1.67 bits per heavy atom. The Labute approximate surface area is 89.5 Å². The molecular formula is C9H19NOZn. The van der Waals surface area contributed by atoms with Crippen LogP contribution in [-0.4, -0.2) is 23.9 Å². The van der Waals surface area contributed by atoms with Crippen molar-refractivity contribution in [2.75, 3.05) is 13.1 Å². The normalized spacial score (nSPS) is 7.42. The molecule has 0 aliphatic carbocycles. The predicted molar refractivity (Wildman–Crippen MR) is 48.9 cm³/mol. The Bertz CT molecular complexity index is 92.5. The van der Waals surface area contributed by atoms with Gasteiger partial charge in [-0.15, -0.1) is 6.42 Å². The number of nitrogens with zero attached hydrogens (tertiary/aromatic N) is 1. The van der Waals surface area contributed by atoms with E-state index >= 15 is 0 Å². The molecule has 0 atom stereocenters. The summed E-state index contributed by atoms with van der Waals surface area (Å²) in [6.07, 6.45) is 0.377. The Balaban J connectivity index is -0.000000249. The summed E-state index contributed by atoms with van der Waals surface area (Å²) in [6.45, 7) is 14.0.